The van der Waals surface area contributed by atoms with Gasteiger partial charge in [0.2, 0.25) is 11.3 Å². The minimum atomic E-state index is -0.514. The second-order valence-electron chi connectivity index (χ2n) is 7.76. The lowest BCUT2D eigenvalue weighted by Crippen LogP contribution is -2.43. The summed E-state index contributed by atoms with van der Waals surface area (Å²) in [6.45, 7) is 2.76. The van der Waals surface area contributed by atoms with Crippen LogP contribution in [0.3, 0.4) is 0 Å². The van der Waals surface area contributed by atoms with Gasteiger partial charge in [-0.05, 0) is 43.4 Å². The number of likely N-dealkylation sites (tertiary alicyclic amines) is 1. The monoisotopic (exact) mass is 401 g/mol. The van der Waals surface area contributed by atoms with Gasteiger partial charge in [-0.25, -0.2) is 4.39 Å². The summed E-state index contributed by atoms with van der Waals surface area (Å²) in [5.41, 5.74) is 0.0579. The second kappa shape index (κ2) is 8.32. The zero-order valence-corrected chi connectivity index (χ0v) is 16.1. The van der Waals surface area contributed by atoms with E-state index in [1.54, 1.807) is 4.90 Å². The van der Waals surface area contributed by atoms with Crippen LogP contribution in [-0.2, 0) is 9.53 Å². The molecular weight excluding hydrogens is 377 g/mol. The van der Waals surface area contributed by atoms with Gasteiger partial charge in [-0.15, -0.1) is 0 Å². The van der Waals surface area contributed by atoms with E-state index in [1.165, 1.54) is 18.3 Å². The van der Waals surface area contributed by atoms with E-state index in [0.29, 0.717) is 44.3 Å². The van der Waals surface area contributed by atoms with Crippen LogP contribution in [0.5, 0.6) is 0 Å². The van der Waals surface area contributed by atoms with Gasteiger partial charge in [0.15, 0.2) is 0 Å². The van der Waals surface area contributed by atoms with E-state index < -0.39 is 11.2 Å². The van der Waals surface area contributed by atoms with Crippen molar-refractivity contribution in [2.24, 2.45) is 11.8 Å². The molecule has 0 aliphatic carbocycles. The van der Waals surface area contributed by atoms with Crippen molar-refractivity contribution in [1.82, 2.24) is 15.2 Å². The van der Waals surface area contributed by atoms with E-state index in [2.05, 4.69) is 10.3 Å². The van der Waals surface area contributed by atoms with Gasteiger partial charge in [0.1, 0.15) is 11.4 Å². The number of amides is 2. The van der Waals surface area contributed by atoms with Crippen molar-refractivity contribution in [3.8, 4) is 0 Å². The molecule has 1 aromatic carbocycles. The Bertz CT molecular complexity index is 976. The van der Waals surface area contributed by atoms with Crippen molar-refractivity contribution in [3.05, 3.63) is 46.0 Å². The quantitative estimate of drug-likeness (QED) is 0.815. The Morgan fingerprint density at radius 1 is 1.24 bits per heavy atom. The molecule has 2 aromatic rings. The highest BCUT2D eigenvalue weighted by Gasteiger charge is 2.27. The van der Waals surface area contributed by atoms with Crippen LogP contribution in [0.4, 0.5) is 4.39 Å². The van der Waals surface area contributed by atoms with Gasteiger partial charge in [0, 0.05) is 43.3 Å². The number of fused-ring (bicyclic) bond motifs is 1. The first-order valence-corrected chi connectivity index (χ1v) is 9.98. The van der Waals surface area contributed by atoms with Crippen molar-refractivity contribution in [1.29, 1.82) is 0 Å². The molecule has 2 saturated heterocycles. The Morgan fingerprint density at radius 2 is 2.03 bits per heavy atom. The maximum absolute atomic E-state index is 13.5. The maximum Gasteiger partial charge on any atom is 0.259 e. The first kappa shape index (κ1) is 19.6. The minimum Gasteiger partial charge on any atom is -0.381 e. The molecular formula is C21H24FN3O4. The fraction of sp³-hybridized carbons (Fsp3) is 0.476. The van der Waals surface area contributed by atoms with Gasteiger partial charge in [-0.3, -0.25) is 14.4 Å². The Hall–Kier alpha value is -2.74. The number of halogens is 1. The number of carbonyl (C=O) groups is 2. The number of piperidine rings is 1. The van der Waals surface area contributed by atoms with Crippen LogP contribution in [0.25, 0.3) is 10.9 Å². The fourth-order valence-electron chi connectivity index (χ4n) is 3.99. The van der Waals surface area contributed by atoms with Crippen LogP contribution in [0.15, 0.2) is 29.2 Å². The fourth-order valence-corrected chi connectivity index (χ4v) is 3.99. The molecule has 4 rings (SSSR count). The Morgan fingerprint density at radius 3 is 2.76 bits per heavy atom. The molecule has 2 fully saturated rings. The average molecular weight is 401 g/mol. The number of hydrogen-bond donors (Lipinski definition) is 2. The number of pyridine rings is 1. The number of rotatable bonds is 4. The zero-order chi connectivity index (χ0) is 20.4. The summed E-state index contributed by atoms with van der Waals surface area (Å²) in [6.07, 6.45) is 3.68. The van der Waals surface area contributed by atoms with Crippen LogP contribution in [-0.4, -0.2) is 54.5 Å². The number of benzene rings is 1. The number of ether oxygens (including phenoxy) is 1. The highest BCUT2D eigenvalue weighted by atomic mass is 19.1. The van der Waals surface area contributed by atoms with Crippen LogP contribution in [0.2, 0.25) is 0 Å². The predicted octanol–water partition coefficient (Wildman–Crippen LogP) is 1.67. The van der Waals surface area contributed by atoms with Crippen molar-refractivity contribution in [2.75, 3.05) is 32.8 Å². The van der Waals surface area contributed by atoms with Crippen molar-refractivity contribution >= 4 is 22.7 Å². The van der Waals surface area contributed by atoms with Gasteiger partial charge in [-0.1, -0.05) is 0 Å². The second-order valence-corrected chi connectivity index (χ2v) is 7.76. The topological polar surface area (TPSA) is 91.5 Å². The number of hydrogen-bond acceptors (Lipinski definition) is 4. The Labute approximate surface area is 167 Å². The largest absolute Gasteiger partial charge is 0.381 e. The smallest absolute Gasteiger partial charge is 0.259 e. The van der Waals surface area contributed by atoms with E-state index in [9.17, 15) is 18.8 Å². The van der Waals surface area contributed by atoms with Crippen molar-refractivity contribution < 1.29 is 18.7 Å². The molecule has 0 saturated carbocycles. The van der Waals surface area contributed by atoms with Crippen molar-refractivity contribution in [3.63, 3.8) is 0 Å². The minimum absolute atomic E-state index is 0.0242. The molecule has 29 heavy (non-hydrogen) atoms. The number of aromatic nitrogens is 1. The summed E-state index contributed by atoms with van der Waals surface area (Å²) in [4.78, 5) is 42.1. The highest BCUT2D eigenvalue weighted by Crippen LogP contribution is 2.19. The third-order valence-corrected chi connectivity index (χ3v) is 5.84. The molecule has 0 bridgehead atoms. The molecule has 0 radical (unpaired) electrons. The molecule has 2 amide bonds. The van der Waals surface area contributed by atoms with Gasteiger partial charge in [0.25, 0.3) is 5.91 Å². The van der Waals surface area contributed by atoms with Crippen LogP contribution in [0, 0.1) is 17.7 Å². The number of H-pyrrole nitrogens is 1. The molecule has 154 valence electrons. The van der Waals surface area contributed by atoms with Gasteiger partial charge < -0.3 is 19.9 Å². The molecule has 1 unspecified atom stereocenters. The van der Waals surface area contributed by atoms with Gasteiger partial charge in [-0.2, -0.15) is 0 Å². The number of nitrogens with one attached hydrogen (secondary N) is 2. The lowest BCUT2D eigenvalue weighted by molar-refractivity contribution is -0.125. The molecule has 1 aromatic heterocycles. The lowest BCUT2D eigenvalue weighted by atomic mass is 9.95. The third kappa shape index (κ3) is 4.17. The van der Waals surface area contributed by atoms with Crippen molar-refractivity contribution in [2.45, 2.75) is 19.3 Å². The summed E-state index contributed by atoms with van der Waals surface area (Å²) in [7, 11) is 0. The van der Waals surface area contributed by atoms with E-state index in [0.717, 1.165) is 25.3 Å². The Kier molecular flexibility index (Phi) is 5.62. The highest BCUT2D eigenvalue weighted by molar-refractivity contribution is 5.97. The van der Waals surface area contributed by atoms with Gasteiger partial charge >= 0.3 is 0 Å². The SMILES string of the molecule is O=C(NCC1CCN(C(=O)c2c[nH]c3ccc(F)cc3c2=O)CC1)C1CCOC1. The number of aromatic amines is 1. The number of nitrogens with zero attached hydrogens (tertiary/aromatic N) is 1. The first-order valence-electron chi connectivity index (χ1n) is 9.98. The summed E-state index contributed by atoms with van der Waals surface area (Å²) < 4.78 is 18.7. The van der Waals surface area contributed by atoms with Gasteiger partial charge in [0.05, 0.1) is 12.5 Å². The van der Waals surface area contributed by atoms with E-state index in [1.807, 2.05) is 0 Å². The first-order chi connectivity index (χ1) is 14.0. The predicted molar refractivity (Wildman–Crippen MR) is 105 cm³/mol. The van der Waals surface area contributed by atoms with E-state index in [4.69, 9.17) is 4.74 Å². The molecule has 1 atom stereocenters. The van der Waals surface area contributed by atoms with Crippen LogP contribution >= 0.6 is 0 Å². The Balaban J connectivity index is 1.35. The number of carbonyl (C=O) groups excluding carboxylic acids is 2. The molecule has 3 heterocycles. The molecule has 8 heteroatoms. The maximum atomic E-state index is 13.5. The molecule has 2 aliphatic rings. The lowest BCUT2D eigenvalue weighted by Gasteiger charge is -2.32. The summed E-state index contributed by atoms with van der Waals surface area (Å²) in [5.74, 6) is -0.575. The standard InChI is InChI=1S/C21H24FN3O4/c22-15-1-2-18-16(9-15)19(26)17(11-23-18)21(28)25-6-3-13(4-7-25)10-24-20(27)14-5-8-29-12-14/h1-2,9,11,13-14H,3-8,10,12H2,(H,23,26)(H,24,27). The van der Waals surface area contributed by atoms with E-state index >= 15 is 0 Å². The summed E-state index contributed by atoms with van der Waals surface area (Å²) in [5, 5.41) is 3.16. The normalized spacial score (nSPS) is 20.2. The molecule has 2 aliphatic heterocycles. The molecule has 0 spiro atoms. The van der Waals surface area contributed by atoms with Crippen LogP contribution in [0.1, 0.15) is 29.6 Å². The summed E-state index contributed by atoms with van der Waals surface area (Å²) >= 11 is 0. The molecule has 7 nitrogen and oxygen atoms in total. The third-order valence-electron chi connectivity index (χ3n) is 5.84. The molecule has 2 N–H and O–H groups in total. The zero-order valence-electron chi connectivity index (χ0n) is 16.1. The summed E-state index contributed by atoms with van der Waals surface area (Å²) in [6, 6.07) is 3.90. The van der Waals surface area contributed by atoms with Crippen LogP contribution < -0.4 is 10.7 Å². The van der Waals surface area contributed by atoms with E-state index in [-0.39, 0.29) is 28.7 Å². The average Bonchev–Trinajstić information content (AvgIpc) is 3.28.